The topological polar surface area (TPSA) is 55.8 Å². The molecule has 1 fully saturated rings. The highest BCUT2D eigenvalue weighted by Crippen LogP contribution is 2.38. The lowest BCUT2D eigenvalue weighted by Gasteiger charge is -2.17. The summed E-state index contributed by atoms with van der Waals surface area (Å²) in [6, 6.07) is 14.1. The number of carbonyl (C=O) groups excluding carboxylic acids is 2. The molecule has 0 N–H and O–H groups in total. The van der Waals surface area contributed by atoms with Gasteiger partial charge in [0.2, 0.25) is 0 Å². The van der Waals surface area contributed by atoms with Crippen LogP contribution >= 0.6 is 24.0 Å². The fourth-order valence-electron chi connectivity index (χ4n) is 2.65. The van der Waals surface area contributed by atoms with Gasteiger partial charge in [-0.3, -0.25) is 9.69 Å². The third-order valence-electron chi connectivity index (χ3n) is 3.91. The van der Waals surface area contributed by atoms with Crippen LogP contribution in [0.2, 0.25) is 0 Å². The second-order valence-corrected chi connectivity index (χ2v) is 7.34. The van der Waals surface area contributed by atoms with E-state index in [9.17, 15) is 9.59 Å². The summed E-state index contributed by atoms with van der Waals surface area (Å²) >= 11 is 6.58. The van der Waals surface area contributed by atoms with Crippen LogP contribution in [-0.4, -0.2) is 29.9 Å². The molecule has 0 saturated carbocycles. The van der Waals surface area contributed by atoms with Crippen LogP contribution in [0.5, 0.6) is 5.75 Å². The Morgan fingerprint density at radius 1 is 1.21 bits per heavy atom. The van der Waals surface area contributed by atoms with Crippen molar-refractivity contribution in [2.45, 2.75) is 0 Å². The lowest BCUT2D eigenvalue weighted by molar-refractivity contribution is -0.113. The Morgan fingerprint density at radius 2 is 1.93 bits per heavy atom. The van der Waals surface area contributed by atoms with Crippen LogP contribution in [0.1, 0.15) is 15.9 Å². The Morgan fingerprint density at radius 3 is 2.68 bits per heavy atom. The van der Waals surface area contributed by atoms with Gasteiger partial charge in [0.15, 0.2) is 4.32 Å². The maximum absolute atomic E-state index is 13.0. The first-order chi connectivity index (χ1) is 13.6. The molecular weight excluding hydrogens is 394 g/mol. The molecule has 1 amide bonds. The molecule has 5 nitrogen and oxygen atoms in total. The van der Waals surface area contributed by atoms with Crippen LogP contribution in [0.15, 0.2) is 66.1 Å². The highest BCUT2D eigenvalue weighted by atomic mass is 32.2. The number of thioether (sulfide) groups is 1. The molecule has 0 bridgehead atoms. The average Bonchev–Trinajstić information content (AvgIpc) is 2.99. The van der Waals surface area contributed by atoms with Crippen molar-refractivity contribution in [3.63, 3.8) is 0 Å². The van der Waals surface area contributed by atoms with Crippen molar-refractivity contribution in [2.24, 2.45) is 0 Å². The van der Waals surface area contributed by atoms with Gasteiger partial charge in [0.1, 0.15) is 12.4 Å². The molecule has 2 aromatic rings. The first kappa shape index (κ1) is 19.9. The summed E-state index contributed by atoms with van der Waals surface area (Å²) in [6.45, 7) is 4.00. The summed E-state index contributed by atoms with van der Waals surface area (Å²) in [4.78, 5) is 26.9. The standard InChI is InChI=1S/C21H17NO4S2/c1-3-12-26-17-11-7-4-8-14(17)13-18-19(23)22(21(27)28-18)16-10-6-5-9-15(16)20(24)25-2/h3-11,13H,1,12H2,2H3/b18-13-. The molecule has 0 spiro atoms. The van der Waals surface area contributed by atoms with Crippen molar-refractivity contribution in [1.29, 1.82) is 0 Å². The summed E-state index contributed by atoms with van der Waals surface area (Å²) in [5.74, 6) is -0.190. The van der Waals surface area contributed by atoms with E-state index in [2.05, 4.69) is 6.58 Å². The van der Waals surface area contributed by atoms with E-state index in [4.69, 9.17) is 21.7 Å². The molecule has 3 rings (SSSR count). The minimum Gasteiger partial charge on any atom is -0.489 e. The fraction of sp³-hybridized carbons (Fsp3) is 0.0952. The molecule has 0 radical (unpaired) electrons. The van der Waals surface area contributed by atoms with Gasteiger partial charge in [-0.15, -0.1) is 0 Å². The predicted octanol–water partition coefficient (Wildman–Crippen LogP) is 4.44. The number of amides is 1. The molecule has 1 heterocycles. The number of hydrogen-bond donors (Lipinski definition) is 0. The highest BCUT2D eigenvalue weighted by Gasteiger charge is 2.35. The average molecular weight is 412 g/mol. The smallest absolute Gasteiger partial charge is 0.339 e. The highest BCUT2D eigenvalue weighted by molar-refractivity contribution is 8.27. The normalized spacial score (nSPS) is 15.0. The molecular formula is C21H17NO4S2. The van der Waals surface area contributed by atoms with Gasteiger partial charge >= 0.3 is 5.97 Å². The maximum Gasteiger partial charge on any atom is 0.339 e. The number of nitrogens with zero attached hydrogens (tertiary/aromatic N) is 1. The van der Waals surface area contributed by atoms with Crippen LogP contribution < -0.4 is 9.64 Å². The summed E-state index contributed by atoms with van der Waals surface area (Å²) in [5, 5.41) is 0. The molecule has 1 aliphatic rings. The van der Waals surface area contributed by atoms with Crippen molar-refractivity contribution in [1.82, 2.24) is 0 Å². The zero-order valence-corrected chi connectivity index (χ0v) is 16.7. The summed E-state index contributed by atoms with van der Waals surface area (Å²) in [6.07, 6.45) is 3.39. The third-order valence-corrected chi connectivity index (χ3v) is 5.21. The maximum atomic E-state index is 13.0. The summed E-state index contributed by atoms with van der Waals surface area (Å²) in [7, 11) is 1.30. The number of benzene rings is 2. The molecule has 0 unspecified atom stereocenters. The zero-order chi connectivity index (χ0) is 20.1. The molecule has 0 atom stereocenters. The SMILES string of the molecule is C=CCOc1ccccc1/C=C1\SC(=S)N(c2ccccc2C(=O)OC)C1=O. The second-order valence-electron chi connectivity index (χ2n) is 5.66. The molecule has 1 aliphatic heterocycles. The number of thiocarbonyl (C=S) groups is 1. The van der Waals surface area contributed by atoms with Gasteiger partial charge in [0, 0.05) is 5.56 Å². The van der Waals surface area contributed by atoms with Gasteiger partial charge in [0.05, 0.1) is 23.3 Å². The molecule has 28 heavy (non-hydrogen) atoms. The Hall–Kier alpha value is -2.90. The van der Waals surface area contributed by atoms with Crippen molar-refractivity contribution < 1.29 is 19.1 Å². The predicted molar refractivity (Wildman–Crippen MR) is 116 cm³/mol. The van der Waals surface area contributed by atoms with E-state index in [1.54, 1.807) is 36.4 Å². The molecule has 142 valence electrons. The lowest BCUT2D eigenvalue weighted by atomic mass is 10.1. The number of hydrogen-bond acceptors (Lipinski definition) is 6. The van der Waals surface area contributed by atoms with Crippen LogP contribution in [0, 0.1) is 0 Å². The van der Waals surface area contributed by atoms with E-state index in [0.29, 0.717) is 27.3 Å². The van der Waals surface area contributed by atoms with Gasteiger partial charge in [-0.1, -0.05) is 67.0 Å². The van der Waals surface area contributed by atoms with Gasteiger partial charge in [-0.2, -0.15) is 0 Å². The second kappa shape index (κ2) is 8.86. The van der Waals surface area contributed by atoms with Crippen molar-refractivity contribution >= 4 is 51.9 Å². The summed E-state index contributed by atoms with van der Waals surface area (Å²) in [5.41, 5.74) is 1.43. The quantitative estimate of drug-likeness (QED) is 0.303. The monoisotopic (exact) mass is 411 g/mol. The van der Waals surface area contributed by atoms with E-state index in [1.165, 1.54) is 23.8 Å². The first-order valence-electron chi connectivity index (χ1n) is 8.35. The largest absolute Gasteiger partial charge is 0.489 e. The van der Waals surface area contributed by atoms with Crippen LogP contribution in [0.25, 0.3) is 6.08 Å². The van der Waals surface area contributed by atoms with Gasteiger partial charge < -0.3 is 9.47 Å². The number of anilines is 1. The van der Waals surface area contributed by atoms with E-state index in [-0.39, 0.29) is 11.5 Å². The fourth-order valence-corrected chi connectivity index (χ4v) is 3.92. The van der Waals surface area contributed by atoms with Crippen molar-refractivity contribution in [3.05, 3.63) is 77.2 Å². The summed E-state index contributed by atoms with van der Waals surface area (Å²) < 4.78 is 10.8. The lowest BCUT2D eigenvalue weighted by Crippen LogP contribution is -2.29. The molecule has 2 aromatic carbocycles. The van der Waals surface area contributed by atoms with Crippen LogP contribution in [0.3, 0.4) is 0 Å². The van der Waals surface area contributed by atoms with E-state index in [0.717, 1.165) is 5.56 Å². The Labute approximate surface area is 172 Å². The Balaban J connectivity index is 1.97. The minimum absolute atomic E-state index is 0.275. The van der Waals surface area contributed by atoms with Gasteiger partial charge in [-0.25, -0.2) is 4.79 Å². The van der Waals surface area contributed by atoms with Crippen molar-refractivity contribution in [3.8, 4) is 5.75 Å². The van der Waals surface area contributed by atoms with Gasteiger partial charge in [-0.05, 0) is 24.3 Å². The van der Waals surface area contributed by atoms with Crippen molar-refractivity contribution in [2.75, 3.05) is 18.6 Å². The Bertz CT molecular complexity index is 984. The van der Waals surface area contributed by atoms with Gasteiger partial charge in [0.25, 0.3) is 5.91 Å². The van der Waals surface area contributed by atoms with Crippen LogP contribution in [-0.2, 0) is 9.53 Å². The van der Waals surface area contributed by atoms with Crippen LogP contribution in [0.4, 0.5) is 5.69 Å². The van der Waals surface area contributed by atoms with E-state index >= 15 is 0 Å². The Kier molecular flexibility index (Phi) is 6.28. The number of methoxy groups -OCH3 is 1. The van der Waals surface area contributed by atoms with E-state index < -0.39 is 5.97 Å². The van der Waals surface area contributed by atoms with E-state index in [1.807, 2.05) is 24.3 Å². The minimum atomic E-state index is -0.531. The number of para-hydroxylation sites is 2. The number of ether oxygens (including phenoxy) is 2. The third kappa shape index (κ3) is 4.00. The molecule has 1 saturated heterocycles. The number of rotatable bonds is 6. The molecule has 0 aliphatic carbocycles. The number of carbonyl (C=O) groups is 2. The zero-order valence-electron chi connectivity index (χ0n) is 15.1. The molecule has 7 heteroatoms. The first-order valence-corrected chi connectivity index (χ1v) is 9.57. The number of esters is 1. The molecule has 0 aromatic heterocycles.